The van der Waals surface area contributed by atoms with Crippen molar-refractivity contribution in [1.82, 2.24) is 0 Å². The molecule has 0 radical (unpaired) electrons. The monoisotopic (exact) mass is 424 g/mol. The topological polar surface area (TPSA) is 32.8 Å². The van der Waals surface area contributed by atoms with Crippen molar-refractivity contribution in [2.45, 2.75) is 31.5 Å². The number of hydrogen-bond acceptors (Lipinski definition) is 2. The number of benzene rings is 3. The van der Waals surface area contributed by atoms with Crippen LogP contribution in [0, 0.1) is 0 Å². The van der Waals surface area contributed by atoms with Crippen LogP contribution in [0.1, 0.15) is 16.7 Å². The van der Waals surface area contributed by atoms with Crippen LogP contribution in [-0.2, 0) is 24.0 Å². The van der Waals surface area contributed by atoms with Gasteiger partial charge in [0, 0.05) is 10.9 Å². The first-order valence-electron chi connectivity index (χ1n) is 9.31. The maximum Gasteiger partial charge on any atom is 0.0850 e. The molecule has 0 aliphatic carbocycles. The Morgan fingerprint density at radius 1 is 0.815 bits per heavy atom. The normalized spacial score (nSPS) is 16.1. The number of epoxide rings is 1. The van der Waals surface area contributed by atoms with Gasteiger partial charge in [0.25, 0.3) is 0 Å². The Hall–Kier alpha value is -1.94. The summed E-state index contributed by atoms with van der Waals surface area (Å²) >= 11 is 3.44. The van der Waals surface area contributed by atoms with E-state index in [1.54, 1.807) is 0 Å². The molecule has 3 aromatic rings. The van der Waals surface area contributed by atoms with Crippen molar-refractivity contribution >= 4 is 15.9 Å². The Labute approximate surface area is 170 Å². The van der Waals surface area contributed by atoms with Crippen LogP contribution < -0.4 is 0 Å². The summed E-state index contributed by atoms with van der Waals surface area (Å²) in [5.74, 6) is 0. The molecule has 1 aliphatic rings. The smallest absolute Gasteiger partial charge is 0.0850 e. The lowest BCUT2D eigenvalue weighted by molar-refractivity contribution is 0.175. The molecule has 2 nitrogen and oxygen atoms in total. The molecule has 1 aliphatic heterocycles. The second-order valence-electron chi connectivity index (χ2n) is 6.82. The number of rotatable bonds is 6. The standard InChI is InChI=1S/C15H15BrO.C9H10O/c16-14-8-4-7-13(9-14)11-15(17)10-12-5-2-1-3-6-12;1-2-4-8(5-3-1)6-9-7-10-9/h1-9,15,17H,10-11H2;1-5,9H,6-7H2/t15-;9-/m11/s1. The van der Waals surface area contributed by atoms with Crippen LogP contribution in [0.3, 0.4) is 0 Å². The van der Waals surface area contributed by atoms with E-state index in [-0.39, 0.29) is 6.10 Å². The van der Waals surface area contributed by atoms with E-state index in [4.69, 9.17) is 4.74 Å². The zero-order valence-electron chi connectivity index (χ0n) is 15.3. The van der Waals surface area contributed by atoms with Crippen molar-refractivity contribution in [3.63, 3.8) is 0 Å². The van der Waals surface area contributed by atoms with Gasteiger partial charge in [0.1, 0.15) is 0 Å². The van der Waals surface area contributed by atoms with Crippen LogP contribution in [0.25, 0.3) is 0 Å². The van der Waals surface area contributed by atoms with Gasteiger partial charge in [-0.05, 0) is 41.7 Å². The summed E-state index contributed by atoms with van der Waals surface area (Å²) in [6.07, 6.45) is 2.66. The van der Waals surface area contributed by atoms with Gasteiger partial charge in [-0.15, -0.1) is 0 Å². The molecule has 1 heterocycles. The van der Waals surface area contributed by atoms with Gasteiger partial charge in [-0.25, -0.2) is 0 Å². The maximum absolute atomic E-state index is 10.0. The first kappa shape index (κ1) is 19.8. The fraction of sp³-hybridized carbons (Fsp3) is 0.250. The zero-order valence-corrected chi connectivity index (χ0v) is 16.9. The third-order valence-electron chi connectivity index (χ3n) is 4.38. The van der Waals surface area contributed by atoms with Crippen molar-refractivity contribution in [3.8, 4) is 0 Å². The molecule has 1 fully saturated rings. The fourth-order valence-corrected chi connectivity index (χ4v) is 3.40. The van der Waals surface area contributed by atoms with E-state index in [9.17, 15) is 5.11 Å². The van der Waals surface area contributed by atoms with Crippen LogP contribution in [0.2, 0.25) is 0 Å². The number of aliphatic hydroxyl groups is 1. The SMILES string of the molecule is O[C@H](Cc1ccccc1)Cc1cccc(Br)c1.c1ccc(C[C@@H]2CO2)cc1. The quantitative estimate of drug-likeness (QED) is 0.549. The van der Waals surface area contributed by atoms with Crippen molar-refractivity contribution in [1.29, 1.82) is 0 Å². The number of ether oxygens (including phenoxy) is 1. The third kappa shape index (κ3) is 7.67. The summed E-state index contributed by atoms with van der Waals surface area (Å²) in [7, 11) is 0. The Balaban J connectivity index is 0.000000177. The summed E-state index contributed by atoms with van der Waals surface area (Å²) in [6, 6.07) is 28.6. The predicted molar refractivity (Wildman–Crippen MR) is 114 cm³/mol. The van der Waals surface area contributed by atoms with Crippen LogP contribution in [-0.4, -0.2) is 23.9 Å². The van der Waals surface area contributed by atoms with E-state index < -0.39 is 0 Å². The summed E-state index contributed by atoms with van der Waals surface area (Å²) in [5, 5.41) is 10.0. The first-order chi connectivity index (χ1) is 13.2. The van der Waals surface area contributed by atoms with Gasteiger partial charge < -0.3 is 9.84 Å². The molecule has 4 rings (SSSR count). The minimum Gasteiger partial charge on any atom is -0.392 e. The van der Waals surface area contributed by atoms with Crippen molar-refractivity contribution in [2.75, 3.05) is 6.61 Å². The fourth-order valence-electron chi connectivity index (χ4n) is 2.96. The van der Waals surface area contributed by atoms with Crippen LogP contribution in [0.5, 0.6) is 0 Å². The molecule has 0 bridgehead atoms. The second-order valence-corrected chi connectivity index (χ2v) is 7.74. The minimum absolute atomic E-state index is 0.327. The van der Waals surface area contributed by atoms with E-state index >= 15 is 0 Å². The molecule has 0 spiro atoms. The molecule has 3 heteroatoms. The third-order valence-corrected chi connectivity index (χ3v) is 4.88. The van der Waals surface area contributed by atoms with Crippen molar-refractivity contribution < 1.29 is 9.84 Å². The summed E-state index contributed by atoms with van der Waals surface area (Å²) in [5.41, 5.74) is 3.71. The largest absolute Gasteiger partial charge is 0.392 e. The van der Waals surface area contributed by atoms with Crippen molar-refractivity contribution in [3.05, 3.63) is 106 Å². The summed E-state index contributed by atoms with van der Waals surface area (Å²) < 4.78 is 6.17. The highest BCUT2D eigenvalue weighted by atomic mass is 79.9. The van der Waals surface area contributed by atoms with Crippen molar-refractivity contribution in [2.24, 2.45) is 0 Å². The highest BCUT2D eigenvalue weighted by Gasteiger charge is 2.21. The lowest BCUT2D eigenvalue weighted by atomic mass is 10.0. The molecule has 1 N–H and O–H groups in total. The Bertz CT molecular complexity index is 801. The van der Waals surface area contributed by atoms with Gasteiger partial charge in [-0.1, -0.05) is 88.7 Å². The molecule has 0 saturated carbocycles. The molecule has 27 heavy (non-hydrogen) atoms. The Morgan fingerprint density at radius 2 is 1.37 bits per heavy atom. The summed E-state index contributed by atoms with van der Waals surface area (Å²) in [4.78, 5) is 0. The van der Waals surface area contributed by atoms with Crippen LogP contribution in [0.15, 0.2) is 89.4 Å². The highest BCUT2D eigenvalue weighted by Crippen LogP contribution is 2.15. The highest BCUT2D eigenvalue weighted by molar-refractivity contribution is 9.10. The average Bonchev–Trinajstić information content (AvgIpc) is 3.48. The Kier molecular flexibility index (Phi) is 7.64. The van der Waals surface area contributed by atoms with Gasteiger partial charge in [0.2, 0.25) is 0 Å². The maximum atomic E-state index is 10.0. The summed E-state index contributed by atoms with van der Waals surface area (Å²) in [6.45, 7) is 0.953. The molecular weight excluding hydrogens is 400 g/mol. The second kappa shape index (κ2) is 10.4. The average molecular weight is 425 g/mol. The lowest BCUT2D eigenvalue weighted by Gasteiger charge is -2.10. The van der Waals surface area contributed by atoms with Gasteiger partial charge >= 0.3 is 0 Å². The molecule has 0 unspecified atom stereocenters. The van der Waals surface area contributed by atoms with E-state index in [0.717, 1.165) is 23.1 Å². The number of halogens is 1. The van der Waals surface area contributed by atoms with Crippen LogP contribution >= 0.6 is 15.9 Å². The van der Waals surface area contributed by atoms with Gasteiger partial charge in [0.05, 0.1) is 18.8 Å². The van der Waals surface area contributed by atoms with Gasteiger partial charge in [-0.2, -0.15) is 0 Å². The first-order valence-corrected chi connectivity index (χ1v) is 10.1. The Morgan fingerprint density at radius 3 is 1.96 bits per heavy atom. The van der Waals surface area contributed by atoms with E-state index in [2.05, 4.69) is 40.2 Å². The van der Waals surface area contributed by atoms with Gasteiger partial charge in [-0.3, -0.25) is 0 Å². The van der Waals surface area contributed by atoms with E-state index in [1.165, 1.54) is 11.1 Å². The molecule has 0 amide bonds. The van der Waals surface area contributed by atoms with E-state index in [1.807, 2.05) is 60.7 Å². The zero-order chi connectivity index (χ0) is 18.9. The van der Waals surface area contributed by atoms with Gasteiger partial charge in [0.15, 0.2) is 0 Å². The molecule has 3 aromatic carbocycles. The molecule has 1 saturated heterocycles. The molecule has 2 atom stereocenters. The van der Waals surface area contributed by atoms with E-state index in [0.29, 0.717) is 18.9 Å². The predicted octanol–water partition coefficient (Wildman–Crippen LogP) is 5.22. The molecule has 140 valence electrons. The molecular formula is C24H25BrO2. The van der Waals surface area contributed by atoms with Crippen LogP contribution in [0.4, 0.5) is 0 Å². The molecule has 0 aromatic heterocycles. The minimum atomic E-state index is -0.327. The number of aliphatic hydroxyl groups excluding tert-OH is 1. The lowest BCUT2D eigenvalue weighted by Crippen LogP contribution is -2.13. The number of hydrogen-bond donors (Lipinski definition) is 1.